The predicted octanol–water partition coefficient (Wildman–Crippen LogP) is 11.4. The fraction of sp³-hybridized carbons (Fsp3) is 0.739. The number of Topliss-reactive ketones (excluding diaryl/α,β-unsaturated/α-hetero) is 1. The van der Waals surface area contributed by atoms with Crippen LogP contribution in [0.3, 0.4) is 0 Å². The van der Waals surface area contributed by atoms with E-state index in [1.165, 1.54) is 86.1 Å². The van der Waals surface area contributed by atoms with Gasteiger partial charge in [0.15, 0.2) is 18.1 Å². The number of carbonyl (C=O) groups is 2. The van der Waals surface area contributed by atoms with Gasteiger partial charge < -0.3 is 18.6 Å². The molecule has 1 aromatic carbocycles. The van der Waals surface area contributed by atoms with Crippen molar-refractivity contribution in [1.29, 1.82) is 0 Å². The van der Waals surface area contributed by atoms with Gasteiger partial charge in [-0.25, -0.2) is 9.59 Å². The van der Waals surface area contributed by atoms with Crippen molar-refractivity contribution >= 4 is 33.2 Å². The molecule has 0 radical (unpaired) electrons. The molecule has 2 unspecified atom stereocenters. The molecule has 15 heteroatoms. The maximum absolute atomic E-state index is 13.5. The van der Waals surface area contributed by atoms with E-state index in [9.17, 15) is 29.3 Å². The van der Waals surface area contributed by atoms with Crippen LogP contribution < -0.4 is 11.2 Å². The molecular formula is C46H77N3O10PSi+. The molecule has 0 saturated carbocycles. The third kappa shape index (κ3) is 13.7. The van der Waals surface area contributed by atoms with Gasteiger partial charge in [0.1, 0.15) is 12.7 Å². The highest BCUT2D eigenvalue weighted by Crippen LogP contribution is 2.61. The van der Waals surface area contributed by atoms with Crippen molar-refractivity contribution < 1.29 is 33.1 Å². The highest BCUT2D eigenvalue weighted by atomic mass is 31.2. The Labute approximate surface area is 366 Å². The molecule has 13 nitrogen and oxygen atoms in total. The second-order valence-corrected chi connectivity index (χ2v) is 28.0. The summed E-state index contributed by atoms with van der Waals surface area (Å²) in [6, 6.07) is 5.81. The van der Waals surface area contributed by atoms with E-state index in [1.807, 2.05) is 6.92 Å². The molecule has 1 fully saturated rings. The maximum atomic E-state index is 13.5. The van der Waals surface area contributed by atoms with Crippen molar-refractivity contribution in [2.75, 3.05) is 31.3 Å². The fourth-order valence-electron chi connectivity index (χ4n) is 9.55. The zero-order chi connectivity index (χ0) is 45.5. The summed E-state index contributed by atoms with van der Waals surface area (Å²) in [6.07, 6.45) is 12.0. The Kier molecular flexibility index (Phi) is 21.0. The highest BCUT2D eigenvalue weighted by Gasteiger charge is 2.55. The molecular weight excluding hydrogens is 814 g/mol. The summed E-state index contributed by atoms with van der Waals surface area (Å²) in [7, 11) is -3.72. The first-order chi connectivity index (χ1) is 28.9. The Balaban J connectivity index is 1.77. The number of nitrogens with zero attached hydrogens (tertiary/aromatic N) is 2. The summed E-state index contributed by atoms with van der Waals surface area (Å²) in [6.45, 7) is 22.9. The number of hydrogen-bond acceptors (Lipinski definition) is 10. The van der Waals surface area contributed by atoms with Crippen molar-refractivity contribution in [2.45, 2.75) is 187 Å². The molecule has 61 heavy (non-hydrogen) atoms. The van der Waals surface area contributed by atoms with Crippen LogP contribution >= 0.6 is 7.26 Å². The number of aromatic nitrogens is 2. The molecule has 1 N–H and O–H groups in total. The minimum absolute atomic E-state index is 0.107. The fourth-order valence-corrected chi connectivity index (χ4v) is 20.3. The lowest BCUT2D eigenvalue weighted by atomic mass is 9.96. The first kappa shape index (κ1) is 52.2. The summed E-state index contributed by atoms with van der Waals surface area (Å²) in [5.41, 5.74) is -0.328. The van der Waals surface area contributed by atoms with Gasteiger partial charge in [0, 0.05) is 49.1 Å². The molecule has 1 aliphatic rings. The van der Waals surface area contributed by atoms with Crippen molar-refractivity contribution in [3.05, 3.63) is 72.5 Å². The van der Waals surface area contributed by atoms with Gasteiger partial charge in [0.05, 0.1) is 35.7 Å². The van der Waals surface area contributed by atoms with Crippen LogP contribution in [0.2, 0.25) is 16.6 Å². The molecule has 0 spiro atoms. The number of unbranched alkanes of at least 4 members (excludes halogenated alkanes) is 4. The lowest BCUT2D eigenvalue weighted by Crippen LogP contribution is -2.54. The molecule has 1 aromatic heterocycles. The number of benzene rings is 1. The number of H-pyrrole nitrogens is 1. The Morgan fingerprint density at radius 3 is 1.93 bits per heavy atom. The summed E-state index contributed by atoms with van der Waals surface area (Å²) in [5.74, 6) is -0.711. The molecule has 2 aromatic rings. The highest BCUT2D eigenvalue weighted by molar-refractivity contribution is 7.75. The van der Waals surface area contributed by atoms with Crippen LogP contribution in [0.15, 0.2) is 40.1 Å². The van der Waals surface area contributed by atoms with Crippen molar-refractivity contribution in [3.63, 3.8) is 0 Å². The number of nitro benzene ring substituents is 1. The van der Waals surface area contributed by atoms with Crippen molar-refractivity contribution in [2.24, 2.45) is 0 Å². The average Bonchev–Trinajstić information content (AvgIpc) is 3.55. The predicted molar refractivity (Wildman–Crippen MR) is 248 cm³/mol. The molecule has 3 rings (SSSR count). The van der Waals surface area contributed by atoms with Gasteiger partial charge in [-0.3, -0.25) is 29.3 Å². The van der Waals surface area contributed by atoms with E-state index in [0.29, 0.717) is 24.0 Å². The van der Waals surface area contributed by atoms with Gasteiger partial charge in [-0.05, 0) is 55.1 Å². The third-order valence-corrected chi connectivity index (χ3v) is 24.0. The van der Waals surface area contributed by atoms with E-state index in [1.54, 1.807) is 19.1 Å². The minimum atomic E-state index is -2.66. The van der Waals surface area contributed by atoms with Crippen LogP contribution in [0.4, 0.5) is 10.5 Å². The molecule has 0 amide bonds. The van der Waals surface area contributed by atoms with E-state index in [0.717, 1.165) is 12.8 Å². The van der Waals surface area contributed by atoms with Crippen LogP contribution in [0.25, 0.3) is 0 Å². The van der Waals surface area contributed by atoms with E-state index in [4.69, 9.17) is 18.6 Å². The lowest BCUT2D eigenvalue weighted by molar-refractivity contribution is -0.385. The molecule has 2 heterocycles. The number of aromatic amines is 1. The second-order valence-electron chi connectivity index (χ2n) is 18.1. The number of hydrogen-bond donors (Lipinski definition) is 1. The van der Waals surface area contributed by atoms with Crippen molar-refractivity contribution in [1.82, 2.24) is 9.55 Å². The maximum Gasteiger partial charge on any atom is 0.508 e. The Bertz CT molecular complexity index is 1790. The van der Waals surface area contributed by atoms with E-state index in [-0.39, 0.29) is 34.7 Å². The van der Waals surface area contributed by atoms with Crippen LogP contribution in [0.1, 0.15) is 168 Å². The summed E-state index contributed by atoms with van der Waals surface area (Å²) >= 11 is 0. The quantitative estimate of drug-likeness (QED) is 0.0173. The normalized spacial score (nSPS) is 18.9. The molecule has 0 bridgehead atoms. The largest absolute Gasteiger partial charge is 0.508 e. The van der Waals surface area contributed by atoms with Crippen LogP contribution in [-0.4, -0.2) is 84.3 Å². The SMILES string of the molecule is CCCC[P+](CCCC)(CCCC)CCCCC(=O)c1ccc(C(C)COC(=O)OC2[C@@H](CC)O[C@@H](n3ccc(=O)[nH]c3=O)[C@H]2O[Si](C(C)C)(C(C)C)C(C)C)c([N+](=O)[O-])c1. The number of carbonyl (C=O) groups excluding carboxylic acids is 2. The number of ketones is 1. The molecule has 344 valence electrons. The minimum Gasteiger partial charge on any atom is -0.434 e. The van der Waals surface area contributed by atoms with Gasteiger partial charge >= 0.3 is 11.8 Å². The Hall–Kier alpha value is -3.19. The zero-order valence-corrected chi connectivity index (χ0v) is 40.9. The van der Waals surface area contributed by atoms with Gasteiger partial charge in [-0.1, -0.05) is 108 Å². The topological polar surface area (TPSA) is 169 Å². The van der Waals surface area contributed by atoms with Gasteiger partial charge in [0.25, 0.3) is 11.2 Å². The first-order valence-corrected chi connectivity index (χ1v) is 27.7. The third-order valence-electron chi connectivity index (χ3n) is 12.9. The summed E-state index contributed by atoms with van der Waals surface area (Å²) in [4.78, 5) is 66.1. The monoisotopic (exact) mass is 891 g/mol. The summed E-state index contributed by atoms with van der Waals surface area (Å²) < 4.78 is 26.5. The zero-order valence-electron chi connectivity index (χ0n) is 39.0. The molecule has 1 saturated heterocycles. The Morgan fingerprint density at radius 2 is 1.43 bits per heavy atom. The lowest BCUT2D eigenvalue weighted by Gasteiger charge is -2.45. The first-order valence-electron chi connectivity index (χ1n) is 23.1. The van der Waals surface area contributed by atoms with E-state index >= 15 is 0 Å². The van der Waals surface area contributed by atoms with Crippen LogP contribution in [0.5, 0.6) is 0 Å². The van der Waals surface area contributed by atoms with Gasteiger partial charge in [-0.15, -0.1) is 0 Å². The van der Waals surface area contributed by atoms with E-state index < -0.39 is 68.4 Å². The number of rotatable bonds is 27. The smallest absolute Gasteiger partial charge is 0.434 e. The number of nitro groups is 1. The van der Waals surface area contributed by atoms with E-state index in [2.05, 4.69) is 67.3 Å². The average molecular weight is 891 g/mol. The Morgan fingerprint density at radius 1 is 0.852 bits per heavy atom. The second kappa shape index (κ2) is 24.6. The number of ether oxygens (including phenoxy) is 3. The molecule has 5 atom stereocenters. The standard InChI is InChI=1S/C46H76N3O10PSi/c1-12-16-26-60(27-17-13-2,28-18-14-3)29-20-19-21-39(50)36-22-23-37(38(30-36)49(54)55)35(11)31-56-46(53)58-42-40(15-4)57-44(48-25-24-41(51)47-45(48)52)43(42)59-61(32(5)6,33(7)8)34(9)10/h22-25,30,32-35,40,42-44H,12-21,26-29,31H2,1-11H3/p+1/t35?,40-,42?,43+,44-/m1/s1. The summed E-state index contributed by atoms with van der Waals surface area (Å²) in [5, 5.41) is 12.3. The van der Waals surface area contributed by atoms with Crippen molar-refractivity contribution in [3.8, 4) is 0 Å². The van der Waals surface area contributed by atoms with Crippen LogP contribution in [-0.2, 0) is 18.6 Å². The number of nitrogens with one attached hydrogen (secondary N) is 1. The molecule has 0 aliphatic carbocycles. The van der Waals surface area contributed by atoms with Gasteiger partial charge in [0.2, 0.25) is 8.32 Å². The molecule has 1 aliphatic heterocycles. The van der Waals surface area contributed by atoms with Crippen LogP contribution in [0, 0.1) is 10.1 Å². The van der Waals surface area contributed by atoms with Gasteiger partial charge in [-0.2, -0.15) is 0 Å².